The number of nitrogens with zero attached hydrogens (tertiary/aromatic N) is 2. The fourth-order valence-electron chi connectivity index (χ4n) is 1.74. The number of aryl methyl sites for hydroxylation is 1. The molecule has 96 valence electrons. The third-order valence-electron chi connectivity index (χ3n) is 2.76. The molecule has 4 nitrogen and oxygen atoms in total. The Morgan fingerprint density at radius 1 is 1.26 bits per heavy atom. The molecule has 2 rings (SSSR count). The molecule has 0 aliphatic carbocycles. The zero-order valence-electron chi connectivity index (χ0n) is 11.0. The summed E-state index contributed by atoms with van der Waals surface area (Å²) in [5.74, 6) is 1.03. The lowest BCUT2D eigenvalue weighted by molar-refractivity contribution is 0.460. The molecule has 2 aromatic rings. The van der Waals surface area contributed by atoms with Gasteiger partial charge >= 0.3 is 0 Å². The van der Waals surface area contributed by atoms with Gasteiger partial charge in [0.2, 0.25) is 5.88 Å². The minimum atomic E-state index is 0.351. The largest absolute Gasteiger partial charge is 0.438 e. The summed E-state index contributed by atoms with van der Waals surface area (Å²) < 4.78 is 5.66. The van der Waals surface area contributed by atoms with Crippen LogP contribution in [0.25, 0.3) is 0 Å². The number of aromatic nitrogens is 1. The highest BCUT2D eigenvalue weighted by molar-refractivity contribution is 5.45. The molecule has 0 amide bonds. The van der Waals surface area contributed by atoms with Gasteiger partial charge in [-0.1, -0.05) is 12.1 Å². The highest BCUT2D eigenvalue weighted by atomic mass is 16.5. The van der Waals surface area contributed by atoms with Gasteiger partial charge in [0.05, 0.1) is 0 Å². The number of rotatable bonds is 4. The lowest BCUT2D eigenvalue weighted by atomic mass is 10.2. The predicted octanol–water partition coefficient (Wildman–Crippen LogP) is 2.77. The first-order chi connectivity index (χ1) is 9.24. The van der Waals surface area contributed by atoms with Crippen LogP contribution < -0.4 is 10.1 Å². The van der Waals surface area contributed by atoms with Crippen LogP contribution in [0.2, 0.25) is 0 Å². The summed E-state index contributed by atoms with van der Waals surface area (Å²) in [5.41, 5.74) is 2.51. The summed E-state index contributed by atoms with van der Waals surface area (Å²) in [4.78, 5) is 4.11. The second kappa shape index (κ2) is 5.98. The normalized spacial score (nSPS) is 9.95. The van der Waals surface area contributed by atoms with Gasteiger partial charge in [-0.05, 0) is 43.3 Å². The van der Waals surface area contributed by atoms with Crippen LogP contribution in [0.3, 0.4) is 0 Å². The van der Waals surface area contributed by atoms with Gasteiger partial charge in [-0.15, -0.1) is 0 Å². The molecule has 1 heterocycles. The first kappa shape index (κ1) is 13.1. The lowest BCUT2D eigenvalue weighted by Gasteiger charge is -2.08. The predicted molar refractivity (Wildman–Crippen MR) is 73.0 cm³/mol. The van der Waals surface area contributed by atoms with E-state index in [-0.39, 0.29) is 0 Å². The van der Waals surface area contributed by atoms with Crippen molar-refractivity contribution in [3.63, 3.8) is 0 Å². The van der Waals surface area contributed by atoms with Crippen LogP contribution in [0.1, 0.15) is 16.7 Å². The van der Waals surface area contributed by atoms with Crippen LogP contribution in [-0.2, 0) is 6.54 Å². The van der Waals surface area contributed by atoms with Crippen molar-refractivity contribution in [3.05, 3.63) is 53.2 Å². The van der Waals surface area contributed by atoms with E-state index in [2.05, 4.69) is 16.4 Å². The Hall–Kier alpha value is -2.38. The maximum absolute atomic E-state index is 9.11. The number of ether oxygens (including phenoxy) is 1. The van der Waals surface area contributed by atoms with E-state index < -0.39 is 0 Å². The van der Waals surface area contributed by atoms with E-state index in [0.717, 1.165) is 12.1 Å². The van der Waals surface area contributed by atoms with Crippen LogP contribution in [-0.4, -0.2) is 12.0 Å². The zero-order valence-corrected chi connectivity index (χ0v) is 11.0. The van der Waals surface area contributed by atoms with Gasteiger partial charge in [-0.2, -0.15) is 5.26 Å². The number of nitriles is 1. The smallest absolute Gasteiger partial charge is 0.237 e. The zero-order chi connectivity index (χ0) is 13.7. The molecule has 1 N–H and O–H groups in total. The molecule has 0 aliphatic rings. The topological polar surface area (TPSA) is 57.9 Å². The van der Waals surface area contributed by atoms with Crippen LogP contribution in [0.4, 0.5) is 0 Å². The van der Waals surface area contributed by atoms with E-state index in [1.54, 1.807) is 12.3 Å². The van der Waals surface area contributed by atoms with Crippen molar-refractivity contribution in [3.8, 4) is 17.7 Å². The van der Waals surface area contributed by atoms with Gasteiger partial charge in [0, 0.05) is 12.7 Å². The molecule has 1 aromatic heterocycles. The standard InChI is InChI=1S/C15H15N3O/c1-11-7-8-18-15(14(11)9-16)19-13-5-3-12(4-6-13)10-17-2/h3-8,17H,10H2,1-2H3. The second-order valence-electron chi connectivity index (χ2n) is 4.20. The molecule has 1 aromatic carbocycles. The Bertz CT molecular complexity index is 600. The Kier molecular flexibility index (Phi) is 4.11. The highest BCUT2D eigenvalue weighted by Gasteiger charge is 2.08. The number of nitrogens with one attached hydrogen (secondary N) is 1. The highest BCUT2D eigenvalue weighted by Crippen LogP contribution is 2.24. The fraction of sp³-hybridized carbons (Fsp3) is 0.200. The molecular formula is C15H15N3O. The van der Waals surface area contributed by atoms with Gasteiger partial charge in [0.25, 0.3) is 0 Å². The van der Waals surface area contributed by atoms with Crippen LogP contribution in [0.15, 0.2) is 36.5 Å². The van der Waals surface area contributed by atoms with Crippen molar-refractivity contribution < 1.29 is 4.74 Å². The molecular weight excluding hydrogens is 238 g/mol. The summed E-state index contributed by atoms with van der Waals surface area (Å²) in [5, 5.41) is 12.2. The van der Waals surface area contributed by atoms with Gasteiger partial charge < -0.3 is 10.1 Å². The maximum Gasteiger partial charge on any atom is 0.237 e. The molecule has 0 fully saturated rings. The minimum absolute atomic E-state index is 0.351. The number of hydrogen-bond donors (Lipinski definition) is 1. The minimum Gasteiger partial charge on any atom is -0.438 e. The van der Waals surface area contributed by atoms with Crippen molar-refractivity contribution in [2.24, 2.45) is 0 Å². The second-order valence-corrected chi connectivity index (χ2v) is 4.20. The first-order valence-corrected chi connectivity index (χ1v) is 6.01. The maximum atomic E-state index is 9.11. The molecule has 0 unspecified atom stereocenters. The third kappa shape index (κ3) is 3.09. The van der Waals surface area contributed by atoms with Gasteiger partial charge in [-0.25, -0.2) is 4.98 Å². The van der Waals surface area contributed by atoms with Crippen LogP contribution in [0, 0.1) is 18.3 Å². The molecule has 0 radical (unpaired) electrons. The quantitative estimate of drug-likeness (QED) is 0.910. The van der Waals surface area contributed by atoms with E-state index in [4.69, 9.17) is 10.00 Å². The van der Waals surface area contributed by atoms with Crippen molar-refractivity contribution in [1.82, 2.24) is 10.3 Å². The molecule has 0 spiro atoms. The Balaban J connectivity index is 2.22. The summed E-state index contributed by atoms with van der Waals surface area (Å²) >= 11 is 0. The lowest BCUT2D eigenvalue weighted by Crippen LogP contribution is -2.04. The van der Waals surface area contributed by atoms with Gasteiger partial charge in [0.15, 0.2) is 0 Å². The third-order valence-corrected chi connectivity index (χ3v) is 2.76. The van der Waals surface area contributed by atoms with Crippen LogP contribution in [0.5, 0.6) is 11.6 Å². The van der Waals surface area contributed by atoms with E-state index in [1.807, 2.05) is 38.2 Å². The van der Waals surface area contributed by atoms with Crippen molar-refractivity contribution in [1.29, 1.82) is 5.26 Å². The van der Waals surface area contributed by atoms with E-state index in [1.165, 1.54) is 5.56 Å². The first-order valence-electron chi connectivity index (χ1n) is 6.01. The summed E-state index contributed by atoms with van der Waals surface area (Å²) in [6.45, 7) is 2.68. The molecule has 0 aliphatic heterocycles. The molecule has 0 atom stereocenters. The van der Waals surface area contributed by atoms with Crippen LogP contribution >= 0.6 is 0 Å². The SMILES string of the molecule is CNCc1ccc(Oc2nccc(C)c2C#N)cc1. The summed E-state index contributed by atoms with van der Waals surface area (Å²) in [6.07, 6.45) is 1.64. The van der Waals surface area contributed by atoms with Crippen molar-refractivity contribution in [2.75, 3.05) is 7.05 Å². The molecule has 0 bridgehead atoms. The Labute approximate surface area is 112 Å². The van der Waals surface area contributed by atoms with E-state index >= 15 is 0 Å². The average Bonchev–Trinajstić information content (AvgIpc) is 2.42. The number of benzene rings is 1. The average molecular weight is 253 g/mol. The number of hydrogen-bond acceptors (Lipinski definition) is 4. The van der Waals surface area contributed by atoms with E-state index in [0.29, 0.717) is 17.2 Å². The molecule has 4 heteroatoms. The summed E-state index contributed by atoms with van der Waals surface area (Å²) in [7, 11) is 1.90. The molecule has 19 heavy (non-hydrogen) atoms. The Morgan fingerprint density at radius 2 is 2.00 bits per heavy atom. The summed E-state index contributed by atoms with van der Waals surface area (Å²) in [6, 6.07) is 11.6. The van der Waals surface area contributed by atoms with Gasteiger partial charge in [0.1, 0.15) is 17.4 Å². The monoisotopic (exact) mass is 253 g/mol. The molecule has 0 saturated heterocycles. The van der Waals surface area contributed by atoms with Crippen molar-refractivity contribution >= 4 is 0 Å². The Morgan fingerprint density at radius 3 is 2.63 bits per heavy atom. The number of pyridine rings is 1. The fourth-order valence-corrected chi connectivity index (χ4v) is 1.74. The molecule has 0 saturated carbocycles. The van der Waals surface area contributed by atoms with E-state index in [9.17, 15) is 0 Å². The van der Waals surface area contributed by atoms with Crippen molar-refractivity contribution in [2.45, 2.75) is 13.5 Å². The van der Waals surface area contributed by atoms with Gasteiger partial charge in [-0.3, -0.25) is 0 Å².